The molecule has 0 amide bonds. The molecule has 0 aliphatic rings. The Morgan fingerprint density at radius 2 is 1.44 bits per heavy atom. The minimum atomic E-state index is 0.400. The molecule has 54 valence electrons. The summed E-state index contributed by atoms with van der Waals surface area (Å²) in [6, 6.07) is 0. The maximum Gasteiger partial charge on any atom is 0.392 e. The number of hydrogen-bond acceptors (Lipinski definition) is 3. The first-order valence-electron chi connectivity index (χ1n) is 3.09. The van der Waals surface area contributed by atoms with Crippen LogP contribution in [0.5, 0.6) is 0 Å². The van der Waals surface area contributed by atoms with Crippen molar-refractivity contribution in [2.45, 2.75) is 0 Å². The monoisotopic (exact) mass is 145 g/mol. The minimum absolute atomic E-state index is 0.400. The van der Waals surface area contributed by atoms with Crippen molar-refractivity contribution in [1.82, 2.24) is 14.5 Å². The Morgan fingerprint density at radius 3 is 1.44 bits per heavy atom. The Labute approximate surface area is 61.0 Å². The van der Waals surface area contributed by atoms with E-state index in [1.165, 1.54) is 0 Å². The second kappa shape index (κ2) is 4.05. The highest BCUT2D eigenvalue weighted by molar-refractivity contribution is 6.55. The third kappa shape index (κ3) is 3.00. The predicted octanol–water partition coefficient (Wildman–Crippen LogP) is -2.04. The average Bonchev–Trinajstić information content (AvgIpc) is 1.64. The Morgan fingerprint density at radius 1 is 1.11 bits per heavy atom. The second-order valence-corrected chi connectivity index (χ2v) is 3.17. The normalized spacial score (nSPS) is 11.3. The van der Waals surface area contributed by atoms with Gasteiger partial charge in [0.05, 0.1) is 10.4 Å². The van der Waals surface area contributed by atoms with Gasteiger partial charge in [-0.3, -0.25) is 0 Å². The summed E-state index contributed by atoms with van der Waals surface area (Å²) in [5.74, 6) is 0. The molecule has 5 heteroatoms. The van der Waals surface area contributed by atoms with Gasteiger partial charge in [0.25, 0.3) is 0 Å². The van der Waals surface area contributed by atoms with Gasteiger partial charge in [-0.2, -0.15) is 0 Å². The smallest absolute Gasteiger partial charge is 0.357 e. The van der Waals surface area contributed by atoms with Crippen LogP contribution in [0.25, 0.3) is 0 Å². The molecular weight excluding hydrogens is 129 g/mol. The molecular formula is C4H16BN3Si. The van der Waals surface area contributed by atoms with Crippen molar-refractivity contribution in [1.29, 1.82) is 0 Å². The maximum atomic E-state index is 3.29. The van der Waals surface area contributed by atoms with Crippen molar-refractivity contribution >= 4 is 17.5 Å². The van der Waals surface area contributed by atoms with E-state index >= 15 is 0 Å². The molecule has 0 unspecified atom stereocenters. The molecule has 0 fully saturated rings. The fourth-order valence-electron chi connectivity index (χ4n) is 0.978. The molecule has 0 aliphatic carbocycles. The maximum absolute atomic E-state index is 3.29. The van der Waals surface area contributed by atoms with E-state index in [1.807, 2.05) is 0 Å². The van der Waals surface area contributed by atoms with Crippen molar-refractivity contribution in [2.75, 3.05) is 28.2 Å². The van der Waals surface area contributed by atoms with E-state index in [2.05, 4.69) is 42.7 Å². The van der Waals surface area contributed by atoms with Gasteiger partial charge in [-0.25, -0.2) is 0 Å². The van der Waals surface area contributed by atoms with Crippen molar-refractivity contribution in [2.24, 2.45) is 0 Å². The molecule has 0 bridgehead atoms. The molecule has 0 aromatic rings. The highest BCUT2D eigenvalue weighted by Gasteiger charge is 2.16. The third-order valence-electron chi connectivity index (χ3n) is 1.24. The molecule has 0 aromatic carbocycles. The van der Waals surface area contributed by atoms with Crippen molar-refractivity contribution in [3.8, 4) is 0 Å². The zero-order valence-electron chi connectivity index (χ0n) is 6.97. The first kappa shape index (κ1) is 9.16. The first-order valence-corrected chi connectivity index (χ1v) is 4.09. The summed E-state index contributed by atoms with van der Waals surface area (Å²) >= 11 is 0. The number of rotatable bonds is 3. The first-order chi connectivity index (χ1) is 4.09. The van der Waals surface area contributed by atoms with Crippen LogP contribution < -0.4 is 4.89 Å². The van der Waals surface area contributed by atoms with Gasteiger partial charge in [0.15, 0.2) is 0 Å². The van der Waals surface area contributed by atoms with Gasteiger partial charge in [0.1, 0.15) is 0 Å². The van der Waals surface area contributed by atoms with E-state index < -0.39 is 0 Å². The van der Waals surface area contributed by atoms with Gasteiger partial charge < -0.3 is 14.5 Å². The topological polar surface area (TPSA) is 18.5 Å². The third-order valence-corrected chi connectivity index (χ3v) is 1.75. The molecule has 0 atom stereocenters. The van der Waals surface area contributed by atoms with E-state index in [9.17, 15) is 0 Å². The molecule has 1 N–H and O–H groups in total. The Hall–Kier alpha value is 0.162. The van der Waals surface area contributed by atoms with Crippen molar-refractivity contribution in [3.05, 3.63) is 0 Å². The van der Waals surface area contributed by atoms with Crippen LogP contribution >= 0.6 is 0 Å². The van der Waals surface area contributed by atoms with E-state index in [4.69, 9.17) is 0 Å². The summed E-state index contributed by atoms with van der Waals surface area (Å²) < 4.78 is 0. The van der Waals surface area contributed by atoms with Crippen LogP contribution in [0, 0.1) is 0 Å². The fourth-order valence-corrected chi connectivity index (χ4v) is 2.01. The van der Waals surface area contributed by atoms with E-state index in [1.54, 1.807) is 0 Å². The van der Waals surface area contributed by atoms with Crippen LogP contribution in [0.15, 0.2) is 0 Å². The van der Waals surface area contributed by atoms with Gasteiger partial charge in [0, 0.05) is 0 Å². The largest absolute Gasteiger partial charge is 0.392 e. The molecule has 0 aromatic heterocycles. The predicted molar refractivity (Wildman–Crippen MR) is 46.2 cm³/mol. The molecule has 0 radical (unpaired) electrons. The zero-order valence-corrected chi connectivity index (χ0v) is 8.97. The van der Waals surface area contributed by atoms with Crippen LogP contribution in [0.2, 0.25) is 0 Å². The summed E-state index contributed by atoms with van der Waals surface area (Å²) in [6.45, 7) is 0. The van der Waals surface area contributed by atoms with E-state index in [-0.39, 0.29) is 0 Å². The molecule has 0 aliphatic heterocycles. The lowest BCUT2D eigenvalue weighted by Gasteiger charge is -2.24. The summed E-state index contributed by atoms with van der Waals surface area (Å²) in [6.07, 6.45) is 0. The SMILES string of the molecule is CN(C)B(N[SiH3])N(C)C. The van der Waals surface area contributed by atoms with Crippen molar-refractivity contribution in [3.63, 3.8) is 0 Å². The molecule has 9 heavy (non-hydrogen) atoms. The second-order valence-electron chi connectivity index (χ2n) is 2.59. The van der Waals surface area contributed by atoms with Crippen LogP contribution in [-0.4, -0.2) is 55.3 Å². The van der Waals surface area contributed by atoms with Gasteiger partial charge in [-0.15, -0.1) is 0 Å². The van der Waals surface area contributed by atoms with Gasteiger partial charge >= 0.3 is 7.12 Å². The van der Waals surface area contributed by atoms with Crippen LogP contribution in [0.1, 0.15) is 0 Å². The molecule has 3 nitrogen and oxygen atoms in total. The minimum Gasteiger partial charge on any atom is -0.357 e. The number of nitrogens with zero attached hydrogens (tertiary/aromatic N) is 2. The van der Waals surface area contributed by atoms with Crippen LogP contribution in [0.3, 0.4) is 0 Å². The standard InChI is InChI=1S/C4H16BN3Si/c1-7(2)5(6-9)8(3)4/h6H,1-4,9H3. The highest BCUT2D eigenvalue weighted by Crippen LogP contribution is 1.83. The quantitative estimate of drug-likeness (QED) is 0.462. The lowest BCUT2D eigenvalue weighted by Crippen LogP contribution is -2.55. The molecule has 0 rings (SSSR count). The van der Waals surface area contributed by atoms with E-state index in [0.717, 1.165) is 10.4 Å². The molecule has 0 saturated carbocycles. The summed E-state index contributed by atoms with van der Waals surface area (Å²) in [5.41, 5.74) is 0. The highest BCUT2D eigenvalue weighted by atomic mass is 28.2. The van der Waals surface area contributed by atoms with Crippen LogP contribution in [-0.2, 0) is 0 Å². The van der Waals surface area contributed by atoms with Crippen LogP contribution in [0.4, 0.5) is 0 Å². The Kier molecular flexibility index (Phi) is 4.13. The lowest BCUT2D eigenvalue weighted by atomic mass is 9.92. The average molecular weight is 145 g/mol. The fraction of sp³-hybridized carbons (Fsp3) is 1.00. The number of nitrogens with one attached hydrogen (secondary N) is 1. The molecule has 0 heterocycles. The summed E-state index contributed by atoms with van der Waals surface area (Å²) in [4.78, 5) is 7.58. The lowest BCUT2D eigenvalue weighted by molar-refractivity contribution is 0.510. The summed E-state index contributed by atoms with van der Waals surface area (Å²) in [5, 5.41) is 0. The van der Waals surface area contributed by atoms with E-state index in [0.29, 0.717) is 7.12 Å². The Bertz CT molecular complexity index is 70.2. The Balaban J connectivity index is 3.68. The number of hydrogen-bond donors (Lipinski definition) is 1. The van der Waals surface area contributed by atoms with Crippen molar-refractivity contribution < 1.29 is 0 Å². The molecule has 0 spiro atoms. The zero-order chi connectivity index (χ0) is 7.44. The van der Waals surface area contributed by atoms with Gasteiger partial charge in [-0.05, 0) is 28.2 Å². The van der Waals surface area contributed by atoms with Gasteiger partial charge in [0.2, 0.25) is 0 Å². The summed E-state index contributed by atoms with van der Waals surface area (Å²) in [7, 11) is 9.69. The van der Waals surface area contributed by atoms with Gasteiger partial charge in [-0.1, -0.05) is 0 Å². The molecule has 0 saturated heterocycles.